The third-order valence-corrected chi connectivity index (χ3v) is 2.93. The summed E-state index contributed by atoms with van der Waals surface area (Å²) < 4.78 is 27.3. The number of carbonyl (C=O) groups excluding carboxylic acids is 1. The SMILES string of the molecule is CCNc1nccc(C(=O)Nc2cc(F)ccc2C)c1F. The predicted octanol–water partition coefficient (Wildman–Crippen LogP) is 3.35. The van der Waals surface area contributed by atoms with E-state index in [1.54, 1.807) is 13.8 Å². The molecule has 4 nitrogen and oxygen atoms in total. The van der Waals surface area contributed by atoms with Gasteiger partial charge in [-0.3, -0.25) is 4.79 Å². The zero-order valence-corrected chi connectivity index (χ0v) is 11.7. The number of halogens is 2. The molecule has 1 heterocycles. The van der Waals surface area contributed by atoms with Gasteiger partial charge in [0.25, 0.3) is 5.91 Å². The van der Waals surface area contributed by atoms with E-state index in [4.69, 9.17) is 0 Å². The molecule has 0 aliphatic carbocycles. The van der Waals surface area contributed by atoms with Gasteiger partial charge in [-0.1, -0.05) is 6.07 Å². The topological polar surface area (TPSA) is 54.0 Å². The van der Waals surface area contributed by atoms with E-state index in [9.17, 15) is 13.6 Å². The summed E-state index contributed by atoms with van der Waals surface area (Å²) in [5.74, 6) is -1.84. The summed E-state index contributed by atoms with van der Waals surface area (Å²) in [7, 11) is 0. The van der Waals surface area contributed by atoms with Gasteiger partial charge in [-0.25, -0.2) is 13.8 Å². The molecule has 0 unspecified atom stereocenters. The second-order valence-corrected chi connectivity index (χ2v) is 4.46. The Balaban J connectivity index is 2.28. The van der Waals surface area contributed by atoms with Crippen LogP contribution in [0.1, 0.15) is 22.8 Å². The summed E-state index contributed by atoms with van der Waals surface area (Å²) >= 11 is 0. The zero-order valence-electron chi connectivity index (χ0n) is 11.7. The number of pyridine rings is 1. The van der Waals surface area contributed by atoms with Crippen LogP contribution in [0.3, 0.4) is 0 Å². The van der Waals surface area contributed by atoms with E-state index >= 15 is 0 Å². The molecule has 0 aliphatic heterocycles. The smallest absolute Gasteiger partial charge is 0.258 e. The van der Waals surface area contributed by atoms with Crippen molar-refractivity contribution in [2.24, 2.45) is 0 Å². The maximum Gasteiger partial charge on any atom is 0.258 e. The van der Waals surface area contributed by atoms with Crippen molar-refractivity contribution < 1.29 is 13.6 Å². The first-order chi connectivity index (χ1) is 10.0. The molecular weight excluding hydrogens is 276 g/mol. The number of nitrogens with zero attached hydrogens (tertiary/aromatic N) is 1. The highest BCUT2D eigenvalue weighted by atomic mass is 19.1. The van der Waals surface area contributed by atoms with Gasteiger partial charge in [-0.05, 0) is 37.6 Å². The standard InChI is InChI=1S/C15H15F2N3O/c1-3-18-14-13(17)11(6-7-19-14)15(21)20-12-8-10(16)5-4-9(12)2/h4-8H,3H2,1-2H3,(H,18,19)(H,20,21). The van der Waals surface area contributed by atoms with E-state index in [2.05, 4.69) is 15.6 Å². The van der Waals surface area contributed by atoms with Gasteiger partial charge in [-0.15, -0.1) is 0 Å². The first-order valence-electron chi connectivity index (χ1n) is 6.48. The number of amides is 1. The van der Waals surface area contributed by atoms with Gasteiger partial charge in [0.2, 0.25) is 0 Å². The largest absolute Gasteiger partial charge is 0.368 e. The van der Waals surface area contributed by atoms with Crippen LogP contribution in [0, 0.1) is 18.6 Å². The number of aryl methyl sites for hydroxylation is 1. The number of carbonyl (C=O) groups is 1. The Kier molecular flexibility index (Phi) is 4.47. The van der Waals surface area contributed by atoms with Gasteiger partial charge in [-0.2, -0.15) is 0 Å². The quantitative estimate of drug-likeness (QED) is 0.908. The van der Waals surface area contributed by atoms with Crippen molar-refractivity contribution in [3.8, 4) is 0 Å². The van der Waals surface area contributed by atoms with Gasteiger partial charge in [0.05, 0.1) is 5.56 Å². The molecule has 0 fully saturated rings. The lowest BCUT2D eigenvalue weighted by molar-refractivity contribution is 0.102. The van der Waals surface area contributed by atoms with Crippen molar-refractivity contribution in [1.82, 2.24) is 4.98 Å². The van der Waals surface area contributed by atoms with Crippen molar-refractivity contribution in [1.29, 1.82) is 0 Å². The molecular formula is C15H15F2N3O. The van der Waals surface area contributed by atoms with Crippen molar-refractivity contribution in [2.75, 3.05) is 17.2 Å². The van der Waals surface area contributed by atoms with E-state index < -0.39 is 17.5 Å². The number of rotatable bonds is 4. The molecule has 0 spiro atoms. The molecule has 110 valence electrons. The Bertz CT molecular complexity index is 674. The summed E-state index contributed by atoms with van der Waals surface area (Å²) in [4.78, 5) is 15.9. The van der Waals surface area contributed by atoms with Gasteiger partial charge >= 0.3 is 0 Å². The molecule has 0 saturated carbocycles. The van der Waals surface area contributed by atoms with Crippen LogP contribution in [0.25, 0.3) is 0 Å². The van der Waals surface area contributed by atoms with Gasteiger partial charge < -0.3 is 10.6 Å². The highest BCUT2D eigenvalue weighted by molar-refractivity contribution is 6.05. The fourth-order valence-electron chi connectivity index (χ4n) is 1.83. The Morgan fingerprint density at radius 3 is 2.76 bits per heavy atom. The predicted molar refractivity (Wildman–Crippen MR) is 77.4 cm³/mol. The van der Waals surface area contributed by atoms with Crippen LogP contribution in [-0.2, 0) is 0 Å². The summed E-state index contributed by atoms with van der Waals surface area (Å²) in [5, 5.41) is 5.23. The molecule has 1 amide bonds. The van der Waals surface area contributed by atoms with Crippen LogP contribution in [0.5, 0.6) is 0 Å². The normalized spacial score (nSPS) is 10.3. The lowest BCUT2D eigenvalue weighted by Crippen LogP contribution is -2.16. The second-order valence-electron chi connectivity index (χ2n) is 4.46. The molecule has 0 radical (unpaired) electrons. The lowest BCUT2D eigenvalue weighted by Gasteiger charge is -2.10. The third kappa shape index (κ3) is 3.34. The molecule has 0 saturated heterocycles. The fraction of sp³-hybridized carbons (Fsp3) is 0.200. The maximum absolute atomic E-state index is 14.1. The number of aromatic nitrogens is 1. The fourth-order valence-corrected chi connectivity index (χ4v) is 1.83. The second kappa shape index (κ2) is 6.30. The third-order valence-electron chi connectivity index (χ3n) is 2.93. The molecule has 21 heavy (non-hydrogen) atoms. The molecule has 0 aliphatic rings. The number of benzene rings is 1. The minimum atomic E-state index is -0.731. The molecule has 2 aromatic rings. The first kappa shape index (κ1) is 14.9. The van der Waals surface area contributed by atoms with Crippen LogP contribution < -0.4 is 10.6 Å². The van der Waals surface area contributed by atoms with Crippen molar-refractivity contribution in [3.63, 3.8) is 0 Å². The zero-order chi connectivity index (χ0) is 15.4. The van der Waals surface area contributed by atoms with Crippen molar-refractivity contribution in [3.05, 3.63) is 53.2 Å². The lowest BCUT2D eigenvalue weighted by atomic mass is 10.1. The van der Waals surface area contributed by atoms with E-state index in [0.29, 0.717) is 17.8 Å². The van der Waals surface area contributed by atoms with Crippen LogP contribution in [0.4, 0.5) is 20.3 Å². The van der Waals surface area contributed by atoms with E-state index in [1.807, 2.05) is 0 Å². The minimum absolute atomic E-state index is 0.0149. The van der Waals surface area contributed by atoms with Gasteiger partial charge in [0, 0.05) is 18.4 Å². The number of anilines is 2. The Labute approximate surface area is 121 Å². The van der Waals surface area contributed by atoms with E-state index in [0.717, 1.165) is 0 Å². The van der Waals surface area contributed by atoms with Crippen LogP contribution >= 0.6 is 0 Å². The van der Waals surface area contributed by atoms with Crippen LogP contribution in [0.15, 0.2) is 30.5 Å². The van der Waals surface area contributed by atoms with Gasteiger partial charge in [0.1, 0.15) is 5.82 Å². The Morgan fingerprint density at radius 2 is 2.05 bits per heavy atom. The molecule has 0 bridgehead atoms. The molecule has 0 atom stereocenters. The Morgan fingerprint density at radius 1 is 1.29 bits per heavy atom. The minimum Gasteiger partial charge on any atom is -0.368 e. The average Bonchev–Trinajstić information content (AvgIpc) is 2.45. The summed E-state index contributed by atoms with van der Waals surface area (Å²) in [6.45, 7) is 4.00. The molecule has 1 aromatic heterocycles. The van der Waals surface area contributed by atoms with Gasteiger partial charge in [0.15, 0.2) is 11.6 Å². The average molecular weight is 291 g/mol. The van der Waals surface area contributed by atoms with Crippen molar-refractivity contribution in [2.45, 2.75) is 13.8 Å². The number of hydrogen-bond acceptors (Lipinski definition) is 3. The highest BCUT2D eigenvalue weighted by Gasteiger charge is 2.16. The summed E-state index contributed by atoms with van der Waals surface area (Å²) in [5.41, 5.74) is 0.844. The van der Waals surface area contributed by atoms with Crippen LogP contribution in [-0.4, -0.2) is 17.4 Å². The molecule has 1 aromatic carbocycles. The summed E-state index contributed by atoms with van der Waals surface area (Å²) in [6, 6.07) is 5.30. The number of nitrogens with one attached hydrogen (secondary N) is 2. The molecule has 2 rings (SSSR count). The molecule has 6 heteroatoms. The Hall–Kier alpha value is -2.50. The van der Waals surface area contributed by atoms with Crippen molar-refractivity contribution >= 4 is 17.4 Å². The first-order valence-corrected chi connectivity index (χ1v) is 6.48. The van der Waals surface area contributed by atoms with Crippen LogP contribution in [0.2, 0.25) is 0 Å². The highest BCUT2D eigenvalue weighted by Crippen LogP contribution is 2.20. The summed E-state index contributed by atoms with van der Waals surface area (Å²) in [6.07, 6.45) is 1.34. The van der Waals surface area contributed by atoms with E-state index in [-0.39, 0.29) is 11.4 Å². The monoisotopic (exact) mass is 291 g/mol. The van der Waals surface area contributed by atoms with E-state index in [1.165, 1.54) is 30.5 Å². The molecule has 2 N–H and O–H groups in total. The maximum atomic E-state index is 14.1. The number of hydrogen-bond donors (Lipinski definition) is 2.